The summed E-state index contributed by atoms with van der Waals surface area (Å²) in [5.41, 5.74) is 7.65. The van der Waals surface area contributed by atoms with Crippen LogP contribution in [0, 0.1) is 0 Å². The Kier molecular flexibility index (Phi) is 3.23. The van der Waals surface area contributed by atoms with Gasteiger partial charge in [0, 0.05) is 32.5 Å². The lowest BCUT2D eigenvalue weighted by atomic mass is 9.85. The molecule has 0 unspecified atom stereocenters. The average Bonchev–Trinajstić information content (AvgIpc) is 3.10. The van der Waals surface area contributed by atoms with E-state index in [0.717, 1.165) is 22.8 Å². The molecule has 0 spiro atoms. The van der Waals surface area contributed by atoms with Crippen LogP contribution in [0.25, 0.3) is 33.1 Å². The van der Waals surface area contributed by atoms with Crippen LogP contribution in [0.15, 0.2) is 53.1 Å². The van der Waals surface area contributed by atoms with Gasteiger partial charge in [-0.15, -0.1) is 0 Å². The molecule has 2 heterocycles. The zero-order chi connectivity index (χ0) is 16.1. The molecule has 0 saturated carbocycles. The number of aromatic nitrogens is 2. The highest BCUT2D eigenvalue weighted by molar-refractivity contribution is 9.10. The van der Waals surface area contributed by atoms with Gasteiger partial charge < -0.3 is 4.98 Å². The maximum Gasteiger partial charge on any atom is 0.0744 e. The van der Waals surface area contributed by atoms with Crippen LogP contribution in [0.5, 0.6) is 0 Å². The number of nitrogens with one attached hydrogen (secondary N) is 1. The quantitative estimate of drug-likeness (QED) is 0.431. The van der Waals surface area contributed by atoms with Crippen LogP contribution in [0.3, 0.4) is 0 Å². The van der Waals surface area contributed by atoms with E-state index in [9.17, 15) is 0 Å². The number of halogens is 1. The van der Waals surface area contributed by atoms with Gasteiger partial charge in [0.05, 0.1) is 11.2 Å². The van der Waals surface area contributed by atoms with Gasteiger partial charge in [0.2, 0.25) is 0 Å². The number of aromatic amines is 1. The number of fused-ring (bicyclic) bond motifs is 5. The van der Waals surface area contributed by atoms with Crippen molar-refractivity contribution in [3.8, 4) is 11.3 Å². The van der Waals surface area contributed by atoms with Crippen molar-refractivity contribution in [2.24, 2.45) is 0 Å². The Labute approximate surface area is 149 Å². The fourth-order valence-corrected chi connectivity index (χ4v) is 4.27. The van der Waals surface area contributed by atoms with Gasteiger partial charge in [0.25, 0.3) is 0 Å². The molecule has 2 aromatic carbocycles. The van der Waals surface area contributed by atoms with Crippen molar-refractivity contribution in [3.05, 3.63) is 64.3 Å². The van der Waals surface area contributed by atoms with E-state index in [2.05, 4.69) is 63.4 Å². The maximum atomic E-state index is 5.09. The van der Waals surface area contributed by atoms with Gasteiger partial charge >= 0.3 is 0 Å². The summed E-state index contributed by atoms with van der Waals surface area (Å²) in [5.74, 6) is 0. The molecule has 1 N–H and O–H groups in total. The second-order valence-corrected chi connectivity index (χ2v) is 7.45. The number of rotatable bonds is 1. The van der Waals surface area contributed by atoms with Crippen molar-refractivity contribution in [2.45, 2.75) is 25.7 Å². The Bertz CT molecular complexity index is 1060. The standard InChI is InChI=1S/C21H17BrN2/c22-14-7-5-13(6-8-14)21-16-4-2-1-3-15(16)20-17-11-12-23-18(17)9-10-19(20)24-21/h5-12,23H,1-4H2. The lowest BCUT2D eigenvalue weighted by Crippen LogP contribution is -2.07. The van der Waals surface area contributed by atoms with Crippen LogP contribution in [0.2, 0.25) is 0 Å². The van der Waals surface area contributed by atoms with Crippen molar-refractivity contribution < 1.29 is 0 Å². The van der Waals surface area contributed by atoms with Crippen molar-refractivity contribution in [1.82, 2.24) is 9.97 Å². The van der Waals surface area contributed by atoms with Crippen LogP contribution in [-0.2, 0) is 12.8 Å². The first-order valence-corrected chi connectivity index (χ1v) is 9.28. The summed E-state index contributed by atoms with van der Waals surface area (Å²) in [6, 6.07) is 15.0. The Hall–Kier alpha value is -2.13. The molecular weight excluding hydrogens is 360 g/mol. The minimum Gasteiger partial charge on any atom is -0.361 e. The summed E-state index contributed by atoms with van der Waals surface area (Å²) in [6.07, 6.45) is 6.84. The van der Waals surface area contributed by atoms with Gasteiger partial charge in [0.15, 0.2) is 0 Å². The Morgan fingerprint density at radius 3 is 2.50 bits per heavy atom. The van der Waals surface area contributed by atoms with Gasteiger partial charge in [-0.05, 0) is 67.1 Å². The Balaban J connectivity index is 1.88. The van der Waals surface area contributed by atoms with Crippen molar-refractivity contribution in [1.29, 1.82) is 0 Å². The third-order valence-corrected chi connectivity index (χ3v) is 5.65. The third kappa shape index (κ3) is 2.11. The molecule has 0 radical (unpaired) electrons. The molecule has 2 aromatic heterocycles. The third-order valence-electron chi connectivity index (χ3n) is 5.12. The molecule has 4 aromatic rings. The zero-order valence-corrected chi connectivity index (χ0v) is 14.9. The molecule has 0 bridgehead atoms. The summed E-state index contributed by atoms with van der Waals surface area (Å²) in [4.78, 5) is 8.43. The molecule has 118 valence electrons. The van der Waals surface area contributed by atoms with Crippen LogP contribution in [-0.4, -0.2) is 9.97 Å². The molecule has 2 nitrogen and oxygen atoms in total. The number of pyridine rings is 1. The zero-order valence-electron chi connectivity index (χ0n) is 13.3. The van der Waals surface area contributed by atoms with Crippen LogP contribution in [0.1, 0.15) is 24.0 Å². The summed E-state index contributed by atoms with van der Waals surface area (Å²) < 4.78 is 1.11. The Morgan fingerprint density at radius 1 is 0.875 bits per heavy atom. The van der Waals surface area contributed by atoms with E-state index in [1.807, 2.05) is 6.20 Å². The second-order valence-electron chi connectivity index (χ2n) is 6.53. The van der Waals surface area contributed by atoms with E-state index in [0.29, 0.717) is 0 Å². The highest BCUT2D eigenvalue weighted by atomic mass is 79.9. The monoisotopic (exact) mass is 376 g/mol. The van der Waals surface area contributed by atoms with E-state index in [1.54, 1.807) is 0 Å². The highest BCUT2D eigenvalue weighted by Gasteiger charge is 2.20. The molecule has 0 atom stereocenters. The van der Waals surface area contributed by atoms with E-state index in [1.165, 1.54) is 51.5 Å². The normalized spacial score (nSPS) is 14.2. The first-order valence-electron chi connectivity index (χ1n) is 8.49. The Morgan fingerprint density at radius 2 is 1.67 bits per heavy atom. The van der Waals surface area contributed by atoms with Gasteiger partial charge in [-0.1, -0.05) is 28.1 Å². The smallest absolute Gasteiger partial charge is 0.0744 e. The fourth-order valence-electron chi connectivity index (χ4n) is 4.01. The van der Waals surface area contributed by atoms with Gasteiger partial charge in [-0.25, -0.2) is 4.98 Å². The average molecular weight is 377 g/mol. The molecule has 0 amide bonds. The van der Waals surface area contributed by atoms with Gasteiger partial charge in [0.1, 0.15) is 0 Å². The molecular formula is C21H17BrN2. The molecule has 3 heteroatoms. The van der Waals surface area contributed by atoms with E-state index >= 15 is 0 Å². The second kappa shape index (κ2) is 5.45. The maximum absolute atomic E-state index is 5.09. The van der Waals surface area contributed by atoms with Gasteiger partial charge in [-0.3, -0.25) is 0 Å². The SMILES string of the molecule is Brc1ccc(-c2nc3ccc4[nH]ccc4c3c3c2CCCC3)cc1. The summed E-state index contributed by atoms with van der Waals surface area (Å²) in [7, 11) is 0. The molecule has 5 rings (SSSR count). The number of nitrogens with zero attached hydrogens (tertiary/aromatic N) is 1. The molecule has 1 aliphatic rings. The summed E-state index contributed by atoms with van der Waals surface area (Å²) >= 11 is 3.53. The van der Waals surface area contributed by atoms with Crippen LogP contribution in [0.4, 0.5) is 0 Å². The van der Waals surface area contributed by atoms with Crippen molar-refractivity contribution in [3.63, 3.8) is 0 Å². The summed E-state index contributed by atoms with van der Waals surface area (Å²) in [6.45, 7) is 0. The van der Waals surface area contributed by atoms with Crippen LogP contribution >= 0.6 is 15.9 Å². The number of benzene rings is 2. The molecule has 0 aliphatic heterocycles. The first-order chi connectivity index (χ1) is 11.8. The highest BCUT2D eigenvalue weighted by Crippen LogP contribution is 2.38. The largest absolute Gasteiger partial charge is 0.361 e. The molecule has 1 aliphatic carbocycles. The van der Waals surface area contributed by atoms with Crippen LogP contribution < -0.4 is 0 Å². The fraction of sp³-hybridized carbons (Fsp3) is 0.190. The lowest BCUT2D eigenvalue weighted by Gasteiger charge is -2.22. The van der Waals surface area contributed by atoms with Gasteiger partial charge in [-0.2, -0.15) is 0 Å². The molecule has 0 fully saturated rings. The number of hydrogen-bond acceptors (Lipinski definition) is 1. The van der Waals surface area contributed by atoms with E-state index < -0.39 is 0 Å². The van der Waals surface area contributed by atoms with Crippen molar-refractivity contribution in [2.75, 3.05) is 0 Å². The predicted molar refractivity (Wildman–Crippen MR) is 103 cm³/mol. The van der Waals surface area contributed by atoms with E-state index in [4.69, 9.17) is 4.98 Å². The van der Waals surface area contributed by atoms with Crippen molar-refractivity contribution >= 4 is 37.7 Å². The number of aryl methyl sites for hydroxylation is 1. The minimum atomic E-state index is 1.11. The first kappa shape index (κ1) is 14.2. The number of H-pyrrole nitrogens is 1. The summed E-state index contributed by atoms with van der Waals surface area (Å²) in [5, 5.41) is 2.66. The molecule has 24 heavy (non-hydrogen) atoms. The number of hydrogen-bond donors (Lipinski definition) is 1. The lowest BCUT2D eigenvalue weighted by molar-refractivity contribution is 0.689. The topological polar surface area (TPSA) is 28.7 Å². The predicted octanol–water partition coefficient (Wildman–Crippen LogP) is 6.02. The minimum absolute atomic E-state index is 1.11. The van der Waals surface area contributed by atoms with E-state index in [-0.39, 0.29) is 0 Å². The molecule has 0 saturated heterocycles.